The third kappa shape index (κ3) is 5.44. The molecule has 2 aromatic rings. The molecule has 0 aliphatic carbocycles. The van der Waals surface area contributed by atoms with Gasteiger partial charge in [0.15, 0.2) is 5.96 Å². The van der Waals surface area contributed by atoms with E-state index in [1.807, 2.05) is 12.1 Å². The number of hydrogen-bond acceptors (Lipinski definition) is 3. The van der Waals surface area contributed by atoms with Gasteiger partial charge in [0.25, 0.3) is 0 Å². The number of para-hydroxylation sites is 1. The number of ether oxygens (including phenoxy) is 1. The molecule has 5 nitrogen and oxygen atoms in total. The van der Waals surface area contributed by atoms with E-state index in [2.05, 4.69) is 71.0 Å². The lowest BCUT2D eigenvalue weighted by Crippen LogP contribution is -2.41. The topological polar surface area (TPSA) is 48.9 Å². The van der Waals surface area contributed by atoms with Crippen molar-refractivity contribution in [3.63, 3.8) is 0 Å². The summed E-state index contributed by atoms with van der Waals surface area (Å²) in [6.07, 6.45) is 5.35. The molecule has 29 heavy (non-hydrogen) atoms. The van der Waals surface area contributed by atoms with Crippen molar-refractivity contribution in [1.82, 2.24) is 10.6 Å². The number of nitrogens with zero attached hydrogens (tertiary/aromatic N) is 2. The van der Waals surface area contributed by atoms with Crippen molar-refractivity contribution in [1.29, 1.82) is 0 Å². The maximum atomic E-state index is 5.78. The molecule has 0 radical (unpaired) electrons. The highest BCUT2D eigenvalue weighted by atomic mass is 127. The Balaban J connectivity index is 0.00000240. The van der Waals surface area contributed by atoms with Crippen LogP contribution in [0.5, 0.6) is 5.75 Å². The Hall–Kier alpha value is -2.22. The monoisotopic (exact) mass is 504 g/mol. The summed E-state index contributed by atoms with van der Waals surface area (Å²) in [5.74, 6) is 1.81. The molecule has 0 saturated carbocycles. The smallest absolute Gasteiger partial charge is 0.192 e. The fourth-order valence-electron chi connectivity index (χ4n) is 3.69. The van der Waals surface area contributed by atoms with E-state index in [4.69, 9.17) is 9.73 Å². The molecular formula is C23H29IN4O. The Morgan fingerprint density at radius 3 is 2.79 bits per heavy atom. The summed E-state index contributed by atoms with van der Waals surface area (Å²) < 4.78 is 5.78. The second kappa shape index (κ2) is 10.5. The summed E-state index contributed by atoms with van der Waals surface area (Å²) in [6, 6.07) is 17.1. The van der Waals surface area contributed by atoms with Gasteiger partial charge in [0, 0.05) is 37.3 Å². The summed E-state index contributed by atoms with van der Waals surface area (Å²) in [6.45, 7) is 6.27. The predicted octanol–water partition coefficient (Wildman–Crippen LogP) is 4.26. The van der Waals surface area contributed by atoms with Crippen molar-refractivity contribution in [2.75, 3.05) is 31.1 Å². The molecule has 0 aromatic heterocycles. The third-order valence-corrected chi connectivity index (χ3v) is 5.13. The van der Waals surface area contributed by atoms with Gasteiger partial charge in [0.2, 0.25) is 0 Å². The molecule has 6 heteroatoms. The summed E-state index contributed by atoms with van der Waals surface area (Å²) >= 11 is 0. The number of fused-ring (bicyclic) bond motifs is 1. The van der Waals surface area contributed by atoms with Gasteiger partial charge < -0.3 is 20.3 Å². The van der Waals surface area contributed by atoms with Crippen LogP contribution in [0.15, 0.2) is 65.7 Å². The van der Waals surface area contributed by atoms with Crippen LogP contribution in [0.25, 0.3) is 0 Å². The number of halogens is 1. The average Bonchev–Trinajstić information content (AvgIpc) is 3.28. The summed E-state index contributed by atoms with van der Waals surface area (Å²) in [5, 5.41) is 6.97. The maximum Gasteiger partial charge on any atom is 0.192 e. The molecule has 1 unspecified atom stereocenters. The van der Waals surface area contributed by atoms with Gasteiger partial charge in [-0.3, -0.25) is 0 Å². The van der Waals surface area contributed by atoms with E-state index in [1.165, 1.54) is 16.8 Å². The van der Waals surface area contributed by atoms with Gasteiger partial charge in [-0.1, -0.05) is 42.5 Å². The van der Waals surface area contributed by atoms with E-state index in [1.54, 1.807) is 0 Å². The highest BCUT2D eigenvalue weighted by Crippen LogP contribution is 2.31. The van der Waals surface area contributed by atoms with Gasteiger partial charge >= 0.3 is 0 Å². The van der Waals surface area contributed by atoms with Crippen LogP contribution in [0.1, 0.15) is 30.5 Å². The fourth-order valence-corrected chi connectivity index (χ4v) is 3.69. The Morgan fingerprint density at radius 1 is 1.14 bits per heavy atom. The van der Waals surface area contributed by atoms with Gasteiger partial charge in [0.05, 0.1) is 19.2 Å². The standard InChI is InChI=1S/C23H28N4O.HI/c1-2-24-23(26-21-12-15-28-22-11-4-3-10-20(21)22)25-17-18-8-7-9-19(16-18)27-13-5-6-14-27;/h3-11,16,21H,2,12-15,17H2,1H3,(H2,24,25,26);1H. The summed E-state index contributed by atoms with van der Waals surface area (Å²) in [4.78, 5) is 7.19. The third-order valence-electron chi connectivity index (χ3n) is 5.13. The Kier molecular flexibility index (Phi) is 7.80. The first-order chi connectivity index (χ1) is 13.8. The van der Waals surface area contributed by atoms with Crippen molar-refractivity contribution >= 4 is 35.6 Å². The summed E-state index contributed by atoms with van der Waals surface area (Å²) in [5.41, 5.74) is 3.67. The zero-order valence-corrected chi connectivity index (χ0v) is 19.1. The van der Waals surface area contributed by atoms with Crippen molar-refractivity contribution < 1.29 is 4.74 Å². The van der Waals surface area contributed by atoms with Crippen LogP contribution in [-0.4, -0.2) is 32.2 Å². The van der Waals surface area contributed by atoms with E-state index in [9.17, 15) is 0 Å². The molecule has 2 N–H and O–H groups in total. The van der Waals surface area contributed by atoms with E-state index in [0.29, 0.717) is 6.54 Å². The lowest BCUT2D eigenvalue weighted by Gasteiger charge is -2.28. The maximum absolute atomic E-state index is 5.78. The van der Waals surface area contributed by atoms with E-state index < -0.39 is 0 Å². The molecule has 0 bridgehead atoms. The number of hydrogen-bond donors (Lipinski definition) is 2. The number of anilines is 1. The SMILES string of the molecule is CCNC(=NCc1cccc(N2CC=CC2)c1)NC1CCOc2ccccc21.I. The quantitative estimate of drug-likeness (QED) is 0.277. The molecule has 4 rings (SSSR count). The van der Waals surface area contributed by atoms with Crippen molar-refractivity contribution in [3.8, 4) is 5.75 Å². The molecule has 2 aliphatic heterocycles. The molecule has 0 fully saturated rings. The van der Waals surface area contributed by atoms with Crippen LogP contribution in [-0.2, 0) is 6.54 Å². The minimum Gasteiger partial charge on any atom is -0.493 e. The van der Waals surface area contributed by atoms with Crippen LogP contribution in [0.2, 0.25) is 0 Å². The molecular weight excluding hydrogens is 475 g/mol. The van der Waals surface area contributed by atoms with Crippen LogP contribution >= 0.6 is 24.0 Å². The lowest BCUT2D eigenvalue weighted by molar-refractivity contribution is 0.261. The number of rotatable bonds is 5. The molecule has 2 aromatic carbocycles. The molecule has 2 aliphatic rings. The molecule has 1 atom stereocenters. The molecule has 154 valence electrons. The fraction of sp³-hybridized carbons (Fsp3) is 0.348. The van der Waals surface area contributed by atoms with Gasteiger partial charge in [0.1, 0.15) is 5.75 Å². The van der Waals surface area contributed by atoms with Gasteiger partial charge in [-0.25, -0.2) is 4.99 Å². The van der Waals surface area contributed by atoms with Crippen molar-refractivity contribution in [3.05, 3.63) is 71.8 Å². The normalized spacial score (nSPS) is 17.9. The lowest BCUT2D eigenvalue weighted by atomic mass is 10.0. The van der Waals surface area contributed by atoms with Crippen molar-refractivity contribution in [2.24, 2.45) is 4.99 Å². The zero-order chi connectivity index (χ0) is 19.2. The second-order valence-corrected chi connectivity index (χ2v) is 7.11. The second-order valence-electron chi connectivity index (χ2n) is 7.11. The Morgan fingerprint density at radius 2 is 1.97 bits per heavy atom. The van der Waals surface area contributed by atoms with Crippen LogP contribution in [0.4, 0.5) is 5.69 Å². The highest BCUT2D eigenvalue weighted by Gasteiger charge is 2.21. The minimum absolute atomic E-state index is 0. The first-order valence-corrected chi connectivity index (χ1v) is 10.1. The van der Waals surface area contributed by atoms with Gasteiger partial charge in [-0.05, 0) is 30.7 Å². The average molecular weight is 504 g/mol. The number of aliphatic imine (C=N–C) groups is 1. The van der Waals surface area contributed by atoms with Crippen LogP contribution < -0.4 is 20.3 Å². The molecule has 0 spiro atoms. The first kappa shape index (κ1) is 21.5. The number of nitrogens with one attached hydrogen (secondary N) is 2. The highest BCUT2D eigenvalue weighted by molar-refractivity contribution is 14.0. The summed E-state index contributed by atoms with van der Waals surface area (Å²) in [7, 11) is 0. The number of guanidine groups is 1. The van der Waals surface area contributed by atoms with Crippen LogP contribution in [0, 0.1) is 0 Å². The number of benzene rings is 2. The minimum atomic E-state index is 0. The Bertz CT molecular complexity index is 859. The molecule has 2 heterocycles. The van der Waals surface area contributed by atoms with E-state index >= 15 is 0 Å². The molecule has 0 saturated heterocycles. The van der Waals surface area contributed by atoms with E-state index in [-0.39, 0.29) is 30.0 Å². The zero-order valence-electron chi connectivity index (χ0n) is 16.8. The van der Waals surface area contributed by atoms with Gasteiger partial charge in [-0.15, -0.1) is 24.0 Å². The predicted molar refractivity (Wildman–Crippen MR) is 130 cm³/mol. The Labute approximate surface area is 190 Å². The molecule has 0 amide bonds. The van der Waals surface area contributed by atoms with Crippen LogP contribution in [0.3, 0.4) is 0 Å². The first-order valence-electron chi connectivity index (χ1n) is 10.1. The van der Waals surface area contributed by atoms with E-state index in [0.717, 1.165) is 44.4 Å². The van der Waals surface area contributed by atoms with Crippen molar-refractivity contribution in [2.45, 2.75) is 25.9 Å². The largest absolute Gasteiger partial charge is 0.493 e. The van der Waals surface area contributed by atoms with Gasteiger partial charge in [-0.2, -0.15) is 0 Å².